The normalized spacial score (nSPS) is 10.4. The molecule has 0 atom stereocenters. The summed E-state index contributed by atoms with van der Waals surface area (Å²) in [4.78, 5) is 17.0. The van der Waals surface area contributed by atoms with E-state index in [-0.39, 0.29) is 0 Å². The highest BCUT2D eigenvalue weighted by molar-refractivity contribution is 7.99. The highest BCUT2D eigenvalue weighted by Gasteiger charge is 2.06. The molecule has 2 rings (SSSR count). The predicted octanol–water partition coefficient (Wildman–Crippen LogP) is 2.00. The van der Waals surface area contributed by atoms with E-state index >= 15 is 0 Å². The second-order valence-corrected chi connectivity index (χ2v) is 4.66. The van der Waals surface area contributed by atoms with Crippen molar-refractivity contribution >= 4 is 17.6 Å². The van der Waals surface area contributed by atoms with Gasteiger partial charge in [-0.2, -0.15) is 0 Å². The Morgan fingerprint density at radius 2 is 2.16 bits per heavy atom. The summed E-state index contributed by atoms with van der Waals surface area (Å²) in [6.45, 7) is 3.21. The zero-order valence-corrected chi connectivity index (χ0v) is 11.6. The highest BCUT2D eigenvalue weighted by Crippen LogP contribution is 2.25. The molecule has 100 valence electrons. The van der Waals surface area contributed by atoms with Crippen LogP contribution in [-0.4, -0.2) is 33.6 Å². The fraction of sp³-hybridized carbons (Fsp3) is 0.333. The van der Waals surface area contributed by atoms with E-state index in [1.807, 2.05) is 13.0 Å². The van der Waals surface area contributed by atoms with E-state index in [9.17, 15) is 0 Å². The fourth-order valence-corrected chi connectivity index (χ4v) is 2.20. The Hall–Kier alpha value is -1.73. The van der Waals surface area contributed by atoms with E-state index in [0.29, 0.717) is 12.4 Å². The molecule has 0 saturated carbocycles. The van der Waals surface area contributed by atoms with Crippen LogP contribution in [0.1, 0.15) is 12.7 Å². The lowest BCUT2D eigenvalue weighted by Gasteiger charge is -2.07. The van der Waals surface area contributed by atoms with Crippen LogP contribution < -0.4 is 5.32 Å². The predicted molar refractivity (Wildman–Crippen MR) is 73.1 cm³/mol. The number of ether oxygens (including phenoxy) is 1. The Kier molecular flexibility index (Phi) is 5.05. The van der Waals surface area contributed by atoms with Gasteiger partial charge in [0.05, 0.1) is 6.20 Å². The summed E-state index contributed by atoms with van der Waals surface area (Å²) in [5.74, 6) is 1.43. The summed E-state index contributed by atoms with van der Waals surface area (Å²) in [5, 5.41) is 4.79. The lowest BCUT2D eigenvalue weighted by atomic mass is 10.5. The zero-order valence-electron chi connectivity index (χ0n) is 10.8. The van der Waals surface area contributed by atoms with Crippen LogP contribution in [0.3, 0.4) is 0 Å². The Morgan fingerprint density at radius 3 is 2.84 bits per heavy atom. The van der Waals surface area contributed by atoms with Crippen molar-refractivity contribution < 1.29 is 4.74 Å². The van der Waals surface area contributed by atoms with Crippen molar-refractivity contribution in [3.8, 4) is 0 Å². The van der Waals surface area contributed by atoms with Crippen molar-refractivity contribution in [2.45, 2.75) is 23.6 Å². The third kappa shape index (κ3) is 4.15. The molecule has 0 aliphatic carbocycles. The Labute approximate surface area is 116 Å². The number of hydrogen-bond donors (Lipinski definition) is 1. The molecule has 0 aliphatic rings. The number of nitrogens with one attached hydrogen (secondary N) is 1. The van der Waals surface area contributed by atoms with Crippen LogP contribution in [0.4, 0.5) is 5.82 Å². The molecule has 0 spiro atoms. The van der Waals surface area contributed by atoms with Crippen molar-refractivity contribution in [3.05, 3.63) is 30.5 Å². The van der Waals surface area contributed by atoms with E-state index < -0.39 is 0 Å². The van der Waals surface area contributed by atoms with Gasteiger partial charge < -0.3 is 10.1 Å². The van der Waals surface area contributed by atoms with E-state index in [4.69, 9.17) is 4.74 Å². The maximum Gasteiger partial charge on any atom is 0.157 e. The SMILES string of the molecule is CCNc1cc(Sc2cnccn2)nc(COC)n1. The van der Waals surface area contributed by atoms with E-state index in [2.05, 4.69) is 25.3 Å². The molecule has 1 N–H and O–H groups in total. The molecule has 0 fully saturated rings. The smallest absolute Gasteiger partial charge is 0.157 e. The molecule has 6 nitrogen and oxygen atoms in total. The first-order chi connectivity index (χ1) is 9.31. The minimum absolute atomic E-state index is 0.382. The van der Waals surface area contributed by atoms with Gasteiger partial charge in [-0.3, -0.25) is 4.98 Å². The van der Waals surface area contributed by atoms with E-state index in [1.54, 1.807) is 25.7 Å². The first-order valence-corrected chi connectivity index (χ1v) is 6.68. The number of aromatic nitrogens is 4. The monoisotopic (exact) mass is 277 g/mol. The van der Waals surface area contributed by atoms with Crippen LogP contribution in [0.15, 0.2) is 34.7 Å². The van der Waals surface area contributed by atoms with Crippen LogP contribution in [0.5, 0.6) is 0 Å². The van der Waals surface area contributed by atoms with Crippen LogP contribution >= 0.6 is 11.8 Å². The molecular formula is C12H15N5OS. The molecule has 0 unspecified atom stereocenters. The number of nitrogens with zero attached hydrogens (tertiary/aromatic N) is 4. The fourth-order valence-electron chi connectivity index (χ4n) is 1.44. The van der Waals surface area contributed by atoms with Crippen molar-refractivity contribution in [1.82, 2.24) is 19.9 Å². The molecule has 19 heavy (non-hydrogen) atoms. The van der Waals surface area contributed by atoms with Gasteiger partial charge in [0, 0.05) is 32.1 Å². The van der Waals surface area contributed by atoms with Gasteiger partial charge >= 0.3 is 0 Å². The van der Waals surface area contributed by atoms with Crippen LogP contribution in [0, 0.1) is 0 Å². The van der Waals surface area contributed by atoms with Crippen LogP contribution in [-0.2, 0) is 11.3 Å². The molecule has 0 amide bonds. The maximum atomic E-state index is 5.08. The van der Waals surface area contributed by atoms with Crippen molar-refractivity contribution in [2.75, 3.05) is 19.0 Å². The van der Waals surface area contributed by atoms with Gasteiger partial charge in [0.2, 0.25) is 0 Å². The van der Waals surface area contributed by atoms with Crippen molar-refractivity contribution in [2.24, 2.45) is 0 Å². The van der Waals surface area contributed by atoms with E-state index in [0.717, 1.165) is 22.4 Å². The minimum Gasteiger partial charge on any atom is -0.377 e. The molecule has 0 radical (unpaired) electrons. The van der Waals surface area contributed by atoms with Gasteiger partial charge in [0.25, 0.3) is 0 Å². The maximum absolute atomic E-state index is 5.08. The third-order valence-corrected chi connectivity index (χ3v) is 2.97. The summed E-state index contributed by atoms with van der Waals surface area (Å²) in [6, 6.07) is 1.89. The van der Waals surface area contributed by atoms with Crippen LogP contribution in [0.25, 0.3) is 0 Å². The standard InChI is InChI=1S/C12H15N5OS/c1-3-14-9-6-11(17-10(16-9)8-18-2)19-12-7-13-4-5-15-12/h4-7H,3,8H2,1-2H3,(H,14,16,17). The molecule has 0 aliphatic heterocycles. The Balaban J connectivity index is 2.23. The lowest BCUT2D eigenvalue weighted by Crippen LogP contribution is -2.05. The molecule has 7 heteroatoms. The minimum atomic E-state index is 0.382. The van der Waals surface area contributed by atoms with Gasteiger partial charge in [-0.25, -0.2) is 15.0 Å². The molecule has 0 saturated heterocycles. The third-order valence-electron chi connectivity index (χ3n) is 2.13. The molecule has 2 heterocycles. The average molecular weight is 277 g/mol. The number of anilines is 1. The zero-order chi connectivity index (χ0) is 13.5. The number of methoxy groups -OCH3 is 1. The largest absolute Gasteiger partial charge is 0.377 e. The van der Waals surface area contributed by atoms with Gasteiger partial charge in [-0.05, 0) is 18.7 Å². The first kappa shape index (κ1) is 13.7. The molecule has 2 aromatic heterocycles. The Bertz CT molecular complexity index is 499. The first-order valence-electron chi connectivity index (χ1n) is 5.86. The Morgan fingerprint density at radius 1 is 1.26 bits per heavy atom. The summed E-state index contributed by atoms with van der Waals surface area (Å²) in [5.41, 5.74) is 0. The summed E-state index contributed by atoms with van der Waals surface area (Å²) >= 11 is 1.45. The second-order valence-electron chi connectivity index (χ2n) is 3.62. The van der Waals surface area contributed by atoms with Gasteiger partial charge in [0.15, 0.2) is 5.82 Å². The van der Waals surface area contributed by atoms with Gasteiger partial charge in [-0.15, -0.1) is 0 Å². The summed E-state index contributed by atoms with van der Waals surface area (Å²) in [7, 11) is 1.62. The van der Waals surface area contributed by atoms with Crippen molar-refractivity contribution in [1.29, 1.82) is 0 Å². The van der Waals surface area contributed by atoms with Gasteiger partial charge in [0.1, 0.15) is 22.5 Å². The van der Waals surface area contributed by atoms with Crippen LogP contribution in [0.2, 0.25) is 0 Å². The molecular weight excluding hydrogens is 262 g/mol. The lowest BCUT2D eigenvalue weighted by molar-refractivity contribution is 0.177. The average Bonchev–Trinajstić information content (AvgIpc) is 2.40. The van der Waals surface area contributed by atoms with E-state index in [1.165, 1.54) is 11.8 Å². The van der Waals surface area contributed by atoms with Gasteiger partial charge in [-0.1, -0.05) is 0 Å². The molecule has 2 aromatic rings. The summed E-state index contributed by atoms with van der Waals surface area (Å²) in [6.07, 6.45) is 5.00. The topological polar surface area (TPSA) is 72.8 Å². The highest BCUT2D eigenvalue weighted by atomic mass is 32.2. The number of rotatable bonds is 6. The molecule has 0 bridgehead atoms. The quantitative estimate of drug-likeness (QED) is 0.809. The second kappa shape index (κ2) is 7.01. The number of hydrogen-bond acceptors (Lipinski definition) is 7. The van der Waals surface area contributed by atoms with Crippen molar-refractivity contribution in [3.63, 3.8) is 0 Å². The summed E-state index contributed by atoms with van der Waals surface area (Å²) < 4.78 is 5.08. The molecule has 0 aromatic carbocycles.